The summed E-state index contributed by atoms with van der Waals surface area (Å²) < 4.78 is 12.2. The van der Waals surface area contributed by atoms with Crippen LogP contribution in [-0.4, -0.2) is 28.6 Å². The number of halogens is 1. The molecule has 1 aromatic rings. The van der Waals surface area contributed by atoms with Gasteiger partial charge in [0.25, 0.3) is 0 Å². The lowest BCUT2D eigenvalue weighted by molar-refractivity contribution is -0.788. The molecule has 16 heavy (non-hydrogen) atoms. The van der Waals surface area contributed by atoms with Crippen LogP contribution in [0.4, 0.5) is 9.18 Å². The van der Waals surface area contributed by atoms with Gasteiger partial charge in [0.15, 0.2) is 0 Å². The van der Waals surface area contributed by atoms with E-state index >= 15 is 0 Å². The van der Waals surface area contributed by atoms with Crippen molar-refractivity contribution in [1.82, 2.24) is 0 Å². The number of benzene rings is 1. The number of nitrogens with zero attached hydrogens (tertiary/aromatic N) is 2. The zero-order valence-electron chi connectivity index (χ0n) is 8.59. The van der Waals surface area contributed by atoms with E-state index in [-0.39, 0.29) is 5.82 Å². The molecule has 0 aromatic heterocycles. The van der Waals surface area contributed by atoms with Crippen molar-refractivity contribution in [3.8, 4) is 0 Å². The topological polar surface area (TPSA) is 49.7 Å². The highest BCUT2D eigenvalue weighted by Crippen LogP contribution is 2.17. The summed E-state index contributed by atoms with van der Waals surface area (Å²) in [5.41, 5.74) is 1.23. The van der Waals surface area contributed by atoms with Gasteiger partial charge in [0, 0.05) is 11.6 Å². The maximum absolute atomic E-state index is 12.7. The van der Waals surface area contributed by atoms with Crippen molar-refractivity contribution in [1.29, 1.82) is 0 Å². The third-order valence-electron chi connectivity index (χ3n) is 2.37. The van der Waals surface area contributed by atoms with Crippen LogP contribution in [0.15, 0.2) is 41.6 Å². The Morgan fingerprint density at radius 1 is 1.38 bits per heavy atom. The predicted molar refractivity (Wildman–Crippen MR) is 56.3 cm³/mol. The van der Waals surface area contributed by atoms with Gasteiger partial charge in [-0.15, -0.1) is 0 Å². The largest absolute Gasteiger partial charge is 0.545 e. The number of hydrogen-bond donors (Lipinski definition) is 1. The van der Waals surface area contributed by atoms with Gasteiger partial charge in [-0.2, -0.15) is 4.79 Å². The molecule has 1 unspecified atom stereocenters. The van der Waals surface area contributed by atoms with E-state index in [1.165, 1.54) is 25.4 Å². The second-order valence-electron chi connectivity index (χ2n) is 3.62. The van der Waals surface area contributed by atoms with Crippen LogP contribution in [0.5, 0.6) is 0 Å². The first-order valence-corrected chi connectivity index (χ1v) is 4.66. The minimum atomic E-state index is -1.06. The third-order valence-corrected chi connectivity index (χ3v) is 2.37. The van der Waals surface area contributed by atoms with Crippen LogP contribution in [0, 0.1) is 5.82 Å². The van der Waals surface area contributed by atoms with Gasteiger partial charge in [0.1, 0.15) is 24.8 Å². The van der Waals surface area contributed by atoms with E-state index in [0.717, 1.165) is 0 Å². The molecule has 1 aliphatic heterocycles. The number of hydrogen-bond acceptors (Lipinski definition) is 2. The Bertz CT molecular complexity index is 493. The highest BCUT2D eigenvalue weighted by Gasteiger charge is 2.34. The van der Waals surface area contributed by atoms with Crippen LogP contribution < -0.4 is 0 Å². The Morgan fingerprint density at radius 2 is 2.00 bits per heavy atom. The average Bonchev–Trinajstić information content (AvgIpc) is 2.63. The standard InChI is InChI=1S/C11H9FN2O2/c1-14(11(15)16)7-6-10(13-14)8-2-4-9(12)5-3-8/h2-7H,1H3/p+1. The van der Waals surface area contributed by atoms with Crippen LogP contribution in [-0.2, 0) is 0 Å². The number of quaternary nitrogens is 1. The summed E-state index contributed by atoms with van der Waals surface area (Å²) in [5, 5.41) is 13.0. The first kappa shape index (κ1) is 10.5. The van der Waals surface area contributed by atoms with Gasteiger partial charge in [-0.25, -0.2) is 4.39 Å². The van der Waals surface area contributed by atoms with Gasteiger partial charge in [-0.1, -0.05) is 9.69 Å². The Labute approximate surface area is 91.5 Å². The van der Waals surface area contributed by atoms with Gasteiger partial charge >= 0.3 is 6.09 Å². The SMILES string of the molecule is C[N+]1(C(=O)O)C=CC(c2ccc(F)cc2)=N1. The number of amides is 1. The molecule has 0 fully saturated rings. The molecule has 1 N–H and O–H groups in total. The second-order valence-corrected chi connectivity index (χ2v) is 3.62. The Morgan fingerprint density at radius 3 is 2.50 bits per heavy atom. The summed E-state index contributed by atoms with van der Waals surface area (Å²) in [4.78, 5) is 10.9. The fourth-order valence-electron chi connectivity index (χ4n) is 1.39. The van der Waals surface area contributed by atoms with Crippen LogP contribution in [0.2, 0.25) is 0 Å². The summed E-state index contributed by atoms with van der Waals surface area (Å²) in [6.45, 7) is 0. The zero-order valence-corrected chi connectivity index (χ0v) is 8.59. The van der Waals surface area contributed by atoms with Gasteiger partial charge in [0.05, 0.1) is 0 Å². The summed E-state index contributed by atoms with van der Waals surface area (Å²) in [6.07, 6.45) is 2.01. The third kappa shape index (κ3) is 1.72. The monoisotopic (exact) mass is 221 g/mol. The van der Waals surface area contributed by atoms with Crippen molar-refractivity contribution in [3.05, 3.63) is 47.9 Å². The van der Waals surface area contributed by atoms with Gasteiger partial charge < -0.3 is 5.11 Å². The van der Waals surface area contributed by atoms with E-state index in [1.54, 1.807) is 18.2 Å². The molecule has 1 aromatic carbocycles. The first-order chi connectivity index (χ1) is 7.51. The molecule has 0 bridgehead atoms. The van der Waals surface area contributed by atoms with E-state index in [9.17, 15) is 9.18 Å². The van der Waals surface area contributed by atoms with Crippen molar-refractivity contribution in [2.24, 2.45) is 5.10 Å². The molecule has 1 heterocycles. The molecule has 1 atom stereocenters. The van der Waals surface area contributed by atoms with Crippen molar-refractivity contribution in [2.45, 2.75) is 0 Å². The summed E-state index contributed by atoms with van der Waals surface area (Å²) in [5.74, 6) is -0.332. The molecule has 0 saturated heterocycles. The van der Waals surface area contributed by atoms with Crippen LogP contribution in [0.3, 0.4) is 0 Å². The molecule has 4 nitrogen and oxygen atoms in total. The quantitative estimate of drug-likeness (QED) is 0.739. The molecular formula is C11H10FN2O2+. The smallest absolute Gasteiger partial charge is 0.433 e. The van der Waals surface area contributed by atoms with Crippen LogP contribution in [0.1, 0.15) is 5.56 Å². The Balaban J connectivity index is 2.36. The van der Waals surface area contributed by atoms with Crippen molar-refractivity contribution >= 4 is 11.8 Å². The van der Waals surface area contributed by atoms with Crippen molar-refractivity contribution in [2.75, 3.05) is 7.05 Å². The average molecular weight is 221 g/mol. The minimum Gasteiger partial charge on any atom is -0.433 e. The van der Waals surface area contributed by atoms with E-state index in [0.29, 0.717) is 11.3 Å². The number of allylic oxidation sites excluding steroid dienone is 1. The lowest BCUT2D eigenvalue weighted by Crippen LogP contribution is -2.36. The Kier molecular flexibility index (Phi) is 2.32. The van der Waals surface area contributed by atoms with Gasteiger partial charge in [-0.05, 0) is 24.3 Å². The normalized spacial score (nSPS) is 23.2. The lowest BCUT2D eigenvalue weighted by Gasteiger charge is -2.11. The summed E-state index contributed by atoms with van der Waals surface area (Å²) in [7, 11) is 1.45. The van der Waals surface area contributed by atoms with Crippen LogP contribution in [0.25, 0.3) is 0 Å². The first-order valence-electron chi connectivity index (χ1n) is 4.66. The van der Waals surface area contributed by atoms with E-state index in [2.05, 4.69) is 5.10 Å². The van der Waals surface area contributed by atoms with E-state index in [4.69, 9.17) is 5.11 Å². The molecule has 82 valence electrons. The molecule has 5 heteroatoms. The molecule has 0 radical (unpaired) electrons. The zero-order chi connectivity index (χ0) is 11.8. The summed E-state index contributed by atoms with van der Waals surface area (Å²) in [6, 6.07) is 5.76. The second kappa shape index (κ2) is 3.53. The maximum Gasteiger partial charge on any atom is 0.545 e. The van der Waals surface area contributed by atoms with E-state index < -0.39 is 10.7 Å². The summed E-state index contributed by atoms with van der Waals surface area (Å²) >= 11 is 0. The molecule has 0 aliphatic carbocycles. The molecule has 1 aliphatic rings. The molecular weight excluding hydrogens is 211 g/mol. The van der Waals surface area contributed by atoms with Crippen molar-refractivity contribution < 1.29 is 18.9 Å². The van der Waals surface area contributed by atoms with Gasteiger partial charge in [-0.3, -0.25) is 0 Å². The van der Waals surface area contributed by atoms with E-state index in [1.807, 2.05) is 0 Å². The van der Waals surface area contributed by atoms with Gasteiger partial charge in [0.2, 0.25) is 0 Å². The van der Waals surface area contributed by atoms with Crippen molar-refractivity contribution in [3.63, 3.8) is 0 Å². The molecule has 2 rings (SSSR count). The maximum atomic E-state index is 12.7. The highest BCUT2D eigenvalue weighted by molar-refractivity contribution is 6.09. The fraction of sp³-hybridized carbons (Fsp3) is 0.0909. The molecule has 1 amide bonds. The number of rotatable bonds is 1. The molecule has 0 saturated carbocycles. The fourth-order valence-corrected chi connectivity index (χ4v) is 1.39. The van der Waals surface area contributed by atoms with Crippen LogP contribution >= 0.6 is 0 Å². The Hall–Kier alpha value is -2.01. The molecule has 0 spiro atoms. The predicted octanol–water partition coefficient (Wildman–Crippen LogP) is 2.18. The number of carboxylic acid groups (broad SMARTS) is 1. The highest BCUT2D eigenvalue weighted by atomic mass is 19.1. The minimum absolute atomic E-state index is 0.332. The number of carbonyl (C=O) groups is 1. The lowest BCUT2D eigenvalue weighted by atomic mass is 10.1.